The van der Waals surface area contributed by atoms with E-state index in [-0.39, 0.29) is 22.8 Å². The first-order valence-corrected chi connectivity index (χ1v) is 7.69. The Morgan fingerprint density at radius 1 is 0.826 bits per heavy atom. The first kappa shape index (κ1) is 20.4. The highest BCUT2D eigenvalue weighted by Gasteiger charge is 2.16. The number of hydrogen-bond donors (Lipinski definition) is 1. The molecule has 124 valence electrons. The largest absolute Gasteiger partial charge is 0.507 e. The van der Waals surface area contributed by atoms with E-state index >= 15 is 0 Å². The third kappa shape index (κ3) is 5.94. The Balaban J connectivity index is 0.00000112. The van der Waals surface area contributed by atoms with Gasteiger partial charge in [0.2, 0.25) is 0 Å². The van der Waals surface area contributed by atoms with Gasteiger partial charge in [0, 0.05) is 0 Å². The van der Waals surface area contributed by atoms with E-state index in [1.165, 1.54) is 25.1 Å². The summed E-state index contributed by atoms with van der Waals surface area (Å²) in [6.07, 6.45) is 0. The van der Waals surface area contributed by atoms with Gasteiger partial charge in [0.1, 0.15) is 17.1 Å². The summed E-state index contributed by atoms with van der Waals surface area (Å²) in [5, 5.41) is 9.57. The second-order valence-corrected chi connectivity index (χ2v) is 3.96. The Hall–Kier alpha value is -2.62. The zero-order valence-electron chi connectivity index (χ0n) is 14.3. The topological polar surface area (TPSA) is 63.6 Å². The van der Waals surface area contributed by atoms with Crippen molar-refractivity contribution in [1.82, 2.24) is 0 Å². The molecule has 0 saturated heterocycles. The van der Waals surface area contributed by atoms with Crippen LogP contribution in [0.3, 0.4) is 0 Å². The lowest BCUT2D eigenvalue weighted by molar-refractivity contribution is 0.0730. The summed E-state index contributed by atoms with van der Waals surface area (Å²) in [4.78, 5) is 23.3. The Labute approximate surface area is 137 Å². The van der Waals surface area contributed by atoms with Crippen LogP contribution in [0.5, 0.6) is 11.5 Å². The van der Waals surface area contributed by atoms with E-state index in [0.717, 1.165) is 0 Å². The summed E-state index contributed by atoms with van der Waals surface area (Å²) in [5.41, 5.74) is 0.382. The van der Waals surface area contributed by atoms with Crippen LogP contribution < -0.4 is 4.74 Å². The lowest BCUT2D eigenvalue weighted by atomic mass is 10.1. The number of para-hydroxylation sites is 2. The van der Waals surface area contributed by atoms with Gasteiger partial charge >= 0.3 is 5.97 Å². The summed E-state index contributed by atoms with van der Waals surface area (Å²) in [7, 11) is 0. The third-order valence-electron chi connectivity index (χ3n) is 2.59. The van der Waals surface area contributed by atoms with Gasteiger partial charge in [0.05, 0.1) is 5.56 Å². The summed E-state index contributed by atoms with van der Waals surface area (Å²) >= 11 is 0. The molecule has 4 nitrogen and oxygen atoms in total. The predicted molar refractivity (Wildman–Crippen MR) is 92.2 cm³/mol. The molecule has 23 heavy (non-hydrogen) atoms. The standard InChI is InChI=1S/C15H12O4.2C2H6/c1-10(16)11-6-3-5-9-14(11)19-15(18)12-7-2-4-8-13(12)17;2*1-2/h2-9,17H,1H3;2*1-2H3. The molecule has 2 aromatic rings. The molecule has 0 spiro atoms. The molecule has 0 unspecified atom stereocenters. The molecule has 0 aromatic heterocycles. The Kier molecular flexibility index (Phi) is 9.76. The number of ether oxygens (including phenoxy) is 1. The van der Waals surface area contributed by atoms with Gasteiger partial charge in [0.15, 0.2) is 5.78 Å². The zero-order valence-corrected chi connectivity index (χ0v) is 14.3. The highest BCUT2D eigenvalue weighted by molar-refractivity contribution is 5.99. The normalized spacial score (nSPS) is 8.74. The highest BCUT2D eigenvalue weighted by atomic mass is 16.5. The van der Waals surface area contributed by atoms with Crippen molar-refractivity contribution in [3.05, 3.63) is 59.7 Å². The lowest BCUT2D eigenvalue weighted by Crippen LogP contribution is -2.11. The van der Waals surface area contributed by atoms with Crippen molar-refractivity contribution in [2.24, 2.45) is 0 Å². The number of carbonyl (C=O) groups is 2. The average molecular weight is 316 g/mol. The fraction of sp³-hybridized carbons (Fsp3) is 0.263. The van der Waals surface area contributed by atoms with Gasteiger partial charge < -0.3 is 9.84 Å². The van der Waals surface area contributed by atoms with E-state index in [4.69, 9.17) is 4.74 Å². The number of esters is 1. The summed E-state index contributed by atoms with van der Waals surface area (Å²) in [5.74, 6) is -0.872. The SMILES string of the molecule is CC.CC.CC(=O)c1ccccc1OC(=O)c1ccccc1O. The number of rotatable bonds is 3. The highest BCUT2D eigenvalue weighted by Crippen LogP contribution is 2.22. The molecule has 0 bridgehead atoms. The molecule has 0 aliphatic carbocycles. The van der Waals surface area contributed by atoms with Crippen molar-refractivity contribution >= 4 is 11.8 Å². The molecular formula is C19H24O4. The van der Waals surface area contributed by atoms with Crippen LogP contribution >= 0.6 is 0 Å². The van der Waals surface area contributed by atoms with Crippen LogP contribution in [0.15, 0.2) is 48.5 Å². The molecular weight excluding hydrogens is 292 g/mol. The molecule has 2 aromatic carbocycles. The minimum absolute atomic E-state index is 0.0563. The number of hydrogen-bond acceptors (Lipinski definition) is 4. The second-order valence-electron chi connectivity index (χ2n) is 3.96. The van der Waals surface area contributed by atoms with Gasteiger partial charge in [-0.25, -0.2) is 4.79 Å². The fourth-order valence-electron chi connectivity index (χ4n) is 1.65. The maximum absolute atomic E-state index is 11.9. The monoisotopic (exact) mass is 316 g/mol. The van der Waals surface area contributed by atoms with Gasteiger partial charge in [-0.1, -0.05) is 52.0 Å². The van der Waals surface area contributed by atoms with Crippen molar-refractivity contribution in [3.8, 4) is 11.5 Å². The van der Waals surface area contributed by atoms with E-state index in [1.54, 1.807) is 30.3 Å². The Bertz CT molecular complexity index is 633. The van der Waals surface area contributed by atoms with Gasteiger partial charge in [-0.3, -0.25) is 4.79 Å². The minimum Gasteiger partial charge on any atom is -0.507 e. The number of aromatic hydroxyl groups is 1. The van der Waals surface area contributed by atoms with Crippen LogP contribution in [-0.2, 0) is 0 Å². The van der Waals surface area contributed by atoms with Crippen molar-refractivity contribution in [1.29, 1.82) is 0 Å². The number of ketones is 1. The van der Waals surface area contributed by atoms with E-state index in [2.05, 4.69) is 0 Å². The van der Waals surface area contributed by atoms with Crippen LogP contribution in [0.2, 0.25) is 0 Å². The molecule has 0 saturated carbocycles. The summed E-state index contributed by atoms with van der Waals surface area (Å²) in [6.45, 7) is 9.40. The van der Waals surface area contributed by atoms with E-state index in [9.17, 15) is 14.7 Å². The average Bonchev–Trinajstić information content (AvgIpc) is 2.59. The first-order valence-electron chi connectivity index (χ1n) is 7.69. The third-order valence-corrected chi connectivity index (χ3v) is 2.59. The number of Topliss-reactive ketones (excluding diaryl/α,β-unsaturated/α-hetero) is 1. The van der Waals surface area contributed by atoms with E-state index < -0.39 is 5.97 Å². The van der Waals surface area contributed by atoms with Crippen LogP contribution in [0.4, 0.5) is 0 Å². The molecule has 0 amide bonds. The minimum atomic E-state index is -0.702. The van der Waals surface area contributed by atoms with Gasteiger partial charge in [-0.15, -0.1) is 0 Å². The summed E-state index contributed by atoms with van der Waals surface area (Å²) < 4.78 is 5.15. The smallest absolute Gasteiger partial charge is 0.347 e. The molecule has 0 atom stereocenters. The van der Waals surface area contributed by atoms with Crippen molar-refractivity contribution in [2.75, 3.05) is 0 Å². The lowest BCUT2D eigenvalue weighted by Gasteiger charge is -2.08. The maximum Gasteiger partial charge on any atom is 0.347 e. The fourth-order valence-corrected chi connectivity index (χ4v) is 1.65. The van der Waals surface area contributed by atoms with Crippen LogP contribution in [0, 0.1) is 0 Å². The molecule has 0 radical (unpaired) electrons. The maximum atomic E-state index is 11.9. The van der Waals surface area contributed by atoms with Gasteiger partial charge in [-0.2, -0.15) is 0 Å². The van der Waals surface area contributed by atoms with Crippen LogP contribution in [0.1, 0.15) is 55.3 Å². The molecule has 1 N–H and O–H groups in total. The molecule has 0 aliphatic rings. The van der Waals surface area contributed by atoms with Crippen molar-refractivity contribution in [3.63, 3.8) is 0 Å². The van der Waals surface area contributed by atoms with Crippen molar-refractivity contribution < 1.29 is 19.4 Å². The molecule has 0 fully saturated rings. The Morgan fingerprint density at radius 3 is 1.83 bits per heavy atom. The number of phenols is 1. The number of carbonyl (C=O) groups excluding carboxylic acids is 2. The van der Waals surface area contributed by atoms with E-state index in [1.807, 2.05) is 27.7 Å². The molecule has 4 heteroatoms. The summed E-state index contributed by atoms with van der Waals surface area (Å²) in [6, 6.07) is 12.5. The number of benzene rings is 2. The van der Waals surface area contributed by atoms with E-state index in [0.29, 0.717) is 5.56 Å². The quantitative estimate of drug-likeness (QED) is 0.498. The number of phenolic OH excluding ortho intramolecular Hbond substituents is 1. The van der Waals surface area contributed by atoms with Gasteiger partial charge in [0.25, 0.3) is 0 Å². The van der Waals surface area contributed by atoms with Crippen LogP contribution in [-0.4, -0.2) is 16.9 Å². The second kappa shape index (κ2) is 11.0. The van der Waals surface area contributed by atoms with Gasteiger partial charge in [-0.05, 0) is 31.2 Å². The zero-order chi connectivity index (χ0) is 17.8. The molecule has 0 aliphatic heterocycles. The Morgan fingerprint density at radius 2 is 1.30 bits per heavy atom. The molecule has 2 rings (SSSR count). The predicted octanol–water partition coefficient (Wildman–Crippen LogP) is 4.87. The first-order chi connectivity index (χ1) is 11.1. The van der Waals surface area contributed by atoms with Crippen molar-refractivity contribution in [2.45, 2.75) is 34.6 Å². The molecule has 0 heterocycles. The van der Waals surface area contributed by atoms with Crippen LogP contribution in [0.25, 0.3) is 0 Å².